The summed E-state index contributed by atoms with van der Waals surface area (Å²) in [5.74, 6) is -1.10. The quantitative estimate of drug-likeness (QED) is 0.903. The maximum absolute atomic E-state index is 12.7. The molecule has 7 nitrogen and oxygen atoms in total. The second kappa shape index (κ2) is 6.04. The van der Waals surface area contributed by atoms with E-state index in [1.165, 1.54) is 31.7 Å². The molecule has 1 N–H and O–H groups in total. The van der Waals surface area contributed by atoms with Gasteiger partial charge in [0.05, 0.1) is 17.6 Å². The Kier molecular flexibility index (Phi) is 4.46. The van der Waals surface area contributed by atoms with Crippen LogP contribution in [0.25, 0.3) is 0 Å². The molecule has 0 amide bonds. The van der Waals surface area contributed by atoms with Gasteiger partial charge >= 0.3 is 5.97 Å². The summed E-state index contributed by atoms with van der Waals surface area (Å²) in [7, 11) is -2.47. The zero-order valence-electron chi connectivity index (χ0n) is 13.4. The molecule has 23 heavy (non-hydrogen) atoms. The molecule has 0 aliphatic carbocycles. The fourth-order valence-electron chi connectivity index (χ4n) is 2.20. The minimum absolute atomic E-state index is 0.0669. The van der Waals surface area contributed by atoms with Crippen LogP contribution in [-0.4, -0.2) is 36.1 Å². The number of carboxylic acids is 1. The van der Waals surface area contributed by atoms with E-state index in [0.29, 0.717) is 11.3 Å². The number of carboxylic acid groups (broad SMARTS) is 1. The summed E-state index contributed by atoms with van der Waals surface area (Å²) in [6, 6.07) is 4.62. The number of rotatable bonds is 5. The highest BCUT2D eigenvalue weighted by molar-refractivity contribution is 7.92. The summed E-state index contributed by atoms with van der Waals surface area (Å²) in [5.41, 5.74) is 0.760. The lowest BCUT2D eigenvalue weighted by atomic mass is 10.1. The molecule has 1 aromatic carbocycles. The molecule has 0 saturated heterocycles. The van der Waals surface area contributed by atoms with Gasteiger partial charge in [-0.2, -0.15) is 8.42 Å². The fourth-order valence-corrected chi connectivity index (χ4v) is 3.37. The molecule has 8 heteroatoms. The Hall–Kier alpha value is -2.35. The Labute approximate surface area is 135 Å². The maximum Gasteiger partial charge on any atom is 0.336 e. The van der Waals surface area contributed by atoms with Gasteiger partial charge in [-0.05, 0) is 38.5 Å². The minimum atomic E-state index is -3.86. The third kappa shape index (κ3) is 3.07. The first-order valence-corrected chi connectivity index (χ1v) is 8.45. The van der Waals surface area contributed by atoms with Crippen molar-refractivity contribution < 1.29 is 18.3 Å². The van der Waals surface area contributed by atoms with Gasteiger partial charge in [0.2, 0.25) is 0 Å². The van der Waals surface area contributed by atoms with Crippen LogP contribution in [0.1, 0.15) is 35.8 Å². The van der Waals surface area contributed by atoms with Crippen molar-refractivity contribution in [1.29, 1.82) is 0 Å². The highest BCUT2D eigenvalue weighted by atomic mass is 32.2. The molecule has 0 atom stereocenters. The molecule has 0 aliphatic rings. The van der Waals surface area contributed by atoms with Gasteiger partial charge in [0.15, 0.2) is 5.03 Å². The Morgan fingerprint density at radius 1 is 1.35 bits per heavy atom. The summed E-state index contributed by atoms with van der Waals surface area (Å²) in [6.07, 6.45) is 2.93. The van der Waals surface area contributed by atoms with Gasteiger partial charge in [-0.3, -0.25) is 4.31 Å². The Morgan fingerprint density at radius 2 is 2.00 bits per heavy atom. The predicted octanol–water partition coefficient (Wildman–Crippen LogP) is 2.30. The Morgan fingerprint density at radius 3 is 2.52 bits per heavy atom. The molecule has 0 radical (unpaired) electrons. The van der Waals surface area contributed by atoms with Gasteiger partial charge in [-0.15, -0.1) is 0 Å². The molecular weight excluding hydrogens is 318 g/mol. The van der Waals surface area contributed by atoms with E-state index in [0.717, 1.165) is 4.31 Å². The van der Waals surface area contributed by atoms with Crippen LogP contribution in [0.4, 0.5) is 5.69 Å². The number of imidazole rings is 1. The molecule has 0 bridgehead atoms. The van der Waals surface area contributed by atoms with E-state index in [-0.39, 0.29) is 16.6 Å². The zero-order valence-corrected chi connectivity index (χ0v) is 14.2. The standard InChI is InChI=1S/C15H19N3O4S/c1-10(2)18-8-14(16-9-18)23(21,22)17(4)13-7-5-6-12(11(13)3)15(19)20/h5-10H,1-4H3,(H,19,20). The second-order valence-electron chi connectivity index (χ2n) is 5.48. The molecular formula is C15H19N3O4S. The van der Waals surface area contributed by atoms with Gasteiger partial charge in [0, 0.05) is 19.3 Å². The van der Waals surface area contributed by atoms with Gasteiger partial charge in [-0.25, -0.2) is 9.78 Å². The summed E-state index contributed by atoms with van der Waals surface area (Å²) >= 11 is 0. The van der Waals surface area contributed by atoms with E-state index < -0.39 is 16.0 Å². The molecule has 0 spiro atoms. The molecule has 1 aromatic heterocycles. The van der Waals surface area contributed by atoms with Crippen LogP contribution in [-0.2, 0) is 10.0 Å². The fraction of sp³-hybridized carbons (Fsp3) is 0.333. The molecule has 1 heterocycles. The lowest BCUT2D eigenvalue weighted by Gasteiger charge is -2.21. The summed E-state index contributed by atoms with van der Waals surface area (Å²) in [4.78, 5) is 15.2. The van der Waals surface area contributed by atoms with Crippen LogP contribution >= 0.6 is 0 Å². The Balaban J connectivity index is 2.48. The minimum Gasteiger partial charge on any atom is -0.478 e. The van der Waals surface area contributed by atoms with Crippen molar-refractivity contribution in [3.05, 3.63) is 41.9 Å². The number of hydrogen-bond donors (Lipinski definition) is 1. The van der Waals surface area contributed by atoms with E-state index >= 15 is 0 Å². The molecule has 0 fully saturated rings. The second-order valence-corrected chi connectivity index (χ2v) is 7.40. The summed E-state index contributed by atoms with van der Waals surface area (Å²) in [6.45, 7) is 5.42. The predicted molar refractivity (Wildman–Crippen MR) is 86.3 cm³/mol. The van der Waals surface area contributed by atoms with E-state index in [4.69, 9.17) is 0 Å². The van der Waals surface area contributed by atoms with E-state index in [1.54, 1.807) is 17.6 Å². The van der Waals surface area contributed by atoms with Crippen molar-refractivity contribution in [2.75, 3.05) is 11.4 Å². The smallest absolute Gasteiger partial charge is 0.336 e. The third-order valence-corrected chi connectivity index (χ3v) is 5.33. The van der Waals surface area contributed by atoms with Crippen molar-refractivity contribution in [3.8, 4) is 0 Å². The Bertz CT molecular complexity index is 840. The van der Waals surface area contributed by atoms with Crippen molar-refractivity contribution >= 4 is 21.7 Å². The van der Waals surface area contributed by atoms with Crippen molar-refractivity contribution in [3.63, 3.8) is 0 Å². The van der Waals surface area contributed by atoms with E-state index in [9.17, 15) is 18.3 Å². The average molecular weight is 337 g/mol. The number of hydrogen-bond acceptors (Lipinski definition) is 4. The number of anilines is 1. The molecule has 0 saturated carbocycles. The SMILES string of the molecule is Cc1c(C(=O)O)cccc1N(C)S(=O)(=O)c1cn(C(C)C)cn1. The van der Waals surface area contributed by atoms with Crippen LogP contribution in [0, 0.1) is 6.92 Å². The number of aromatic carboxylic acids is 1. The topological polar surface area (TPSA) is 92.5 Å². The molecule has 2 rings (SSSR count). The lowest BCUT2D eigenvalue weighted by molar-refractivity contribution is 0.0696. The molecule has 124 valence electrons. The third-order valence-electron chi connectivity index (χ3n) is 3.67. The van der Waals surface area contributed by atoms with Crippen LogP contribution in [0.2, 0.25) is 0 Å². The first-order valence-electron chi connectivity index (χ1n) is 7.01. The molecule has 0 unspecified atom stereocenters. The number of nitrogens with zero attached hydrogens (tertiary/aromatic N) is 3. The van der Waals surface area contributed by atoms with Gasteiger partial charge in [0.25, 0.3) is 10.0 Å². The van der Waals surface area contributed by atoms with E-state index in [2.05, 4.69) is 4.98 Å². The zero-order chi connectivity index (χ0) is 17.4. The average Bonchev–Trinajstić information content (AvgIpc) is 2.97. The van der Waals surface area contributed by atoms with Crippen LogP contribution in [0.15, 0.2) is 35.7 Å². The van der Waals surface area contributed by atoms with Gasteiger partial charge in [-0.1, -0.05) is 6.07 Å². The number of sulfonamides is 1. The molecule has 0 aliphatic heterocycles. The number of aromatic nitrogens is 2. The van der Waals surface area contributed by atoms with E-state index in [1.807, 2.05) is 13.8 Å². The van der Waals surface area contributed by atoms with Crippen molar-refractivity contribution in [2.24, 2.45) is 0 Å². The number of carbonyl (C=O) groups is 1. The lowest BCUT2D eigenvalue weighted by Crippen LogP contribution is -2.28. The molecule has 2 aromatic rings. The van der Waals surface area contributed by atoms with Crippen LogP contribution in [0.5, 0.6) is 0 Å². The first-order chi connectivity index (χ1) is 10.7. The highest BCUT2D eigenvalue weighted by Gasteiger charge is 2.26. The largest absolute Gasteiger partial charge is 0.478 e. The summed E-state index contributed by atoms with van der Waals surface area (Å²) < 4.78 is 28.2. The van der Waals surface area contributed by atoms with Crippen molar-refractivity contribution in [2.45, 2.75) is 31.8 Å². The van der Waals surface area contributed by atoms with Crippen LogP contribution in [0.3, 0.4) is 0 Å². The van der Waals surface area contributed by atoms with Crippen LogP contribution < -0.4 is 4.31 Å². The monoisotopic (exact) mass is 337 g/mol. The summed E-state index contributed by atoms with van der Waals surface area (Å²) in [5, 5.41) is 9.10. The number of benzene rings is 1. The maximum atomic E-state index is 12.7. The highest BCUT2D eigenvalue weighted by Crippen LogP contribution is 2.27. The van der Waals surface area contributed by atoms with Gasteiger partial charge in [0.1, 0.15) is 0 Å². The normalized spacial score (nSPS) is 11.7. The first kappa shape index (κ1) is 17.0. The van der Waals surface area contributed by atoms with Crippen molar-refractivity contribution in [1.82, 2.24) is 9.55 Å². The van der Waals surface area contributed by atoms with Gasteiger partial charge < -0.3 is 9.67 Å².